The van der Waals surface area contributed by atoms with Crippen molar-refractivity contribution in [3.05, 3.63) is 0 Å². The molecule has 0 atom stereocenters. The summed E-state index contributed by atoms with van der Waals surface area (Å²) in [6.07, 6.45) is 1.40. The Morgan fingerprint density at radius 3 is 2.67 bits per heavy atom. The van der Waals surface area contributed by atoms with Crippen molar-refractivity contribution in [2.45, 2.75) is 13.3 Å². The van der Waals surface area contributed by atoms with Gasteiger partial charge in [-0.2, -0.15) is 0 Å². The Labute approximate surface area is 46.2 Å². The molecule has 1 fully saturated rings. The van der Waals surface area contributed by atoms with Crippen LogP contribution in [0.1, 0.15) is 13.3 Å². The molecule has 0 aliphatic carbocycles. The molecule has 1 rings (SSSR count). The van der Waals surface area contributed by atoms with Gasteiger partial charge in [-0.25, -0.2) is 0 Å². The van der Waals surface area contributed by atoms with Crippen LogP contribution in [0.4, 0.5) is 0 Å². The predicted octanol–water partition coefficient (Wildman–Crippen LogP) is 1.38. The average Bonchev–Trinajstić information content (AvgIpc) is 2.21. The molecule has 38 valence electrons. The fourth-order valence-electron chi connectivity index (χ4n) is 0.397. The summed E-state index contributed by atoms with van der Waals surface area (Å²) in [5, 5.41) is 0. The molecule has 1 heterocycles. The molecule has 1 aliphatic heterocycles. The topological polar surface area (TPSA) is 21.9 Å². The summed E-state index contributed by atoms with van der Waals surface area (Å²) in [6, 6.07) is 0. The van der Waals surface area contributed by atoms with Crippen molar-refractivity contribution in [3.8, 4) is 0 Å². The van der Waals surface area contributed by atoms with Gasteiger partial charge in [0.15, 0.2) is 0 Å². The second kappa shape index (κ2) is 2.12. The van der Waals surface area contributed by atoms with Crippen LogP contribution in [0.3, 0.4) is 0 Å². The molecule has 0 amide bonds. The van der Waals surface area contributed by atoms with E-state index in [-0.39, 0.29) is 20.1 Å². The summed E-state index contributed by atoms with van der Waals surface area (Å²) in [6.45, 7) is 2.26. The van der Waals surface area contributed by atoms with E-state index in [0.29, 0.717) is 0 Å². The van der Waals surface area contributed by atoms with Crippen LogP contribution in [0.5, 0.6) is 0 Å². The Hall–Kier alpha value is 0.690. The average molecular weight is 199 g/mol. The van der Waals surface area contributed by atoms with E-state index in [0.717, 1.165) is 0 Å². The standard InChI is InChI=1S/C4H10IN/c1-2-3-5-4-6-5/h6H,2-4H2,1H3. The van der Waals surface area contributed by atoms with Crippen LogP contribution in [0.2, 0.25) is 0 Å². The third-order valence-corrected chi connectivity index (χ3v) is 4.96. The van der Waals surface area contributed by atoms with E-state index in [2.05, 4.69) is 10.5 Å². The van der Waals surface area contributed by atoms with Gasteiger partial charge < -0.3 is 0 Å². The van der Waals surface area contributed by atoms with Gasteiger partial charge in [0.2, 0.25) is 0 Å². The van der Waals surface area contributed by atoms with Gasteiger partial charge in [-0.15, -0.1) is 0 Å². The fraction of sp³-hybridized carbons (Fsp3) is 1.00. The maximum atomic E-state index is 3.39. The first kappa shape index (κ1) is 4.84. The number of hydrogen-bond donors (Lipinski definition) is 1. The van der Waals surface area contributed by atoms with Gasteiger partial charge >= 0.3 is 45.9 Å². The van der Waals surface area contributed by atoms with Crippen molar-refractivity contribution in [1.29, 1.82) is 0 Å². The third kappa shape index (κ3) is 1.43. The molecule has 0 saturated carbocycles. The van der Waals surface area contributed by atoms with E-state index in [1.165, 1.54) is 15.4 Å². The van der Waals surface area contributed by atoms with E-state index >= 15 is 0 Å². The van der Waals surface area contributed by atoms with Gasteiger partial charge in [-0.05, 0) is 0 Å². The fourth-order valence-corrected chi connectivity index (χ4v) is 4.03. The van der Waals surface area contributed by atoms with Crippen molar-refractivity contribution in [2.75, 3.05) is 8.98 Å². The third-order valence-electron chi connectivity index (χ3n) is 0.740. The van der Waals surface area contributed by atoms with Crippen molar-refractivity contribution in [3.63, 3.8) is 0 Å². The maximum absolute atomic E-state index is 3.39. The van der Waals surface area contributed by atoms with Crippen LogP contribution in [0.15, 0.2) is 0 Å². The monoisotopic (exact) mass is 199 g/mol. The number of alkyl halides is 2. The summed E-state index contributed by atoms with van der Waals surface area (Å²) in [4.78, 5) is 0. The first-order chi connectivity index (χ1) is 2.93. The molecule has 0 spiro atoms. The number of hydrogen-bond acceptors (Lipinski definition) is 1. The number of rotatable bonds is 2. The van der Waals surface area contributed by atoms with Crippen molar-refractivity contribution in [2.24, 2.45) is 0 Å². The van der Waals surface area contributed by atoms with Crippen LogP contribution in [0, 0.1) is 0 Å². The molecule has 0 aromatic heterocycles. The Kier molecular flexibility index (Phi) is 1.71. The molecule has 6 heavy (non-hydrogen) atoms. The zero-order valence-electron chi connectivity index (χ0n) is 4.00. The quantitative estimate of drug-likeness (QED) is 0.234. The number of nitrogens with one attached hydrogen (secondary N) is 1. The zero-order chi connectivity index (χ0) is 4.41. The van der Waals surface area contributed by atoms with Crippen LogP contribution in [-0.4, -0.2) is 8.98 Å². The van der Waals surface area contributed by atoms with Gasteiger partial charge in [-0.1, -0.05) is 0 Å². The minimum atomic E-state index is -0.307. The molecule has 1 N–H and O–H groups in total. The Morgan fingerprint density at radius 2 is 2.50 bits per heavy atom. The van der Waals surface area contributed by atoms with E-state index in [1.807, 2.05) is 0 Å². The first-order valence-corrected chi connectivity index (χ1v) is 6.41. The van der Waals surface area contributed by atoms with Gasteiger partial charge in [-0.3, -0.25) is 0 Å². The summed E-state index contributed by atoms with van der Waals surface area (Å²) < 4.78 is 6.35. The minimum absolute atomic E-state index is 0.307. The summed E-state index contributed by atoms with van der Waals surface area (Å²) in [7, 11) is 0. The van der Waals surface area contributed by atoms with Crippen LogP contribution in [-0.2, 0) is 0 Å². The molecule has 2 heteroatoms. The SMILES string of the molecule is CCCI1CN1. The van der Waals surface area contributed by atoms with E-state index in [1.54, 1.807) is 0 Å². The molecule has 1 nitrogen and oxygen atoms in total. The van der Waals surface area contributed by atoms with E-state index in [9.17, 15) is 0 Å². The second-order valence-corrected chi connectivity index (χ2v) is 6.62. The molecule has 0 aromatic carbocycles. The summed E-state index contributed by atoms with van der Waals surface area (Å²) >= 11 is -0.307. The molecule has 0 radical (unpaired) electrons. The van der Waals surface area contributed by atoms with Gasteiger partial charge in [0.05, 0.1) is 0 Å². The second-order valence-electron chi connectivity index (χ2n) is 1.41. The van der Waals surface area contributed by atoms with Crippen molar-refractivity contribution < 1.29 is 0 Å². The molecule has 1 saturated heterocycles. The van der Waals surface area contributed by atoms with Gasteiger partial charge in [0, 0.05) is 0 Å². The molecular formula is C4H10IN. The molecular weight excluding hydrogens is 189 g/mol. The Morgan fingerprint density at radius 1 is 1.83 bits per heavy atom. The predicted molar refractivity (Wildman–Crippen MR) is 37.2 cm³/mol. The summed E-state index contributed by atoms with van der Waals surface area (Å²) in [5.41, 5.74) is 0. The normalized spacial score (nSPS) is 24.5. The van der Waals surface area contributed by atoms with Crippen molar-refractivity contribution >= 4 is 20.1 Å². The molecule has 0 unspecified atom stereocenters. The van der Waals surface area contributed by atoms with Crippen LogP contribution in [0.25, 0.3) is 0 Å². The Bertz CT molecular complexity index is 42.8. The summed E-state index contributed by atoms with van der Waals surface area (Å²) in [5.74, 6) is 0. The van der Waals surface area contributed by atoms with Gasteiger partial charge in [0.25, 0.3) is 0 Å². The molecule has 0 bridgehead atoms. The van der Waals surface area contributed by atoms with E-state index < -0.39 is 0 Å². The van der Waals surface area contributed by atoms with Crippen LogP contribution >= 0.6 is 20.1 Å². The molecule has 1 aliphatic rings. The van der Waals surface area contributed by atoms with Gasteiger partial charge in [0.1, 0.15) is 0 Å². The molecule has 0 aromatic rings. The zero-order valence-corrected chi connectivity index (χ0v) is 6.16. The Balaban J connectivity index is 1.88. The number of halogens is 1. The van der Waals surface area contributed by atoms with E-state index in [4.69, 9.17) is 0 Å². The first-order valence-electron chi connectivity index (χ1n) is 2.28. The van der Waals surface area contributed by atoms with Crippen LogP contribution < -0.4 is 3.53 Å². The van der Waals surface area contributed by atoms with Crippen molar-refractivity contribution in [1.82, 2.24) is 3.53 Å².